The van der Waals surface area contributed by atoms with E-state index in [1.807, 2.05) is 54.4 Å². The molecule has 0 radical (unpaired) electrons. The normalized spacial score (nSPS) is 10.0. The molecule has 2 rings (SSSR count). The number of nitrogens with zero attached hydrogens (tertiary/aromatic N) is 1. The van der Waals surface area contributed by atoms with Crippen molar-refractivity contribution in [1.82, 2.24) is 10.2 Å². The molecule has 2 aromatic carbocycles. The van der Waals surface area contributed by atoms with Gasteiger partial charge in [0.2, 0.25) is 0 Å². The van der Waals surface area contributed by atoms with Crippen LogP contribution in [0.1, 0.15) is 11.1 Å². The highest BCUT2D eigenvalue weighted by atomic mass is 32.1. The SMILES string of the molecule is COc1ccc(CNC(=S)N(C)Cc2cccc(OC)c2)cc1. The summed E-state index contributed by atoms with van der Waals surface area (Å²) in [6.45, 7) is 1.41. The van der Waals surface area contributed by atoms with Crippen LogP contribution in [0.3, 0.4) is 0 Å². The molecule has 0 unspecified atom stereocenters. The lowest BCUT2D eigenvalue weighted by atomic mass is 10.2. The Morgan fingerprint density at radius 2 is 1.70 bits per heavy atom. The van der Waals surface area contributed by atoms with Gasteiger partial charge in [0.15, 0.2) is 5.11 Å². The summed E-state index contributed by atoms with van der Waals surface area (Å²) in [5.74, 6) is 1.71. The molecule has 23 heavy (non-hydrogen) atoms. The zero-order valence-electron chi connectivity index (χ0n) is 13.7. The van der Waals surface area contributed by atoms with Gasteiger partial charge in [-0.05, 0) is 47.6 Å². The molecule has 0 heterocycles. The van der Waals surface area contributed by atoms with E-state index in [9.17, 15) is 0 Å². The van der Waals surface area contributed by atoms with Crippen LogP contribution < -0.4 is 14.8 Å². The Bertz CT molecular complexity index is 644. The quantitative estimate of drug-likeness (QED) is 0.823. The largest absolute Gasteiger partial charge is 0.497 e. The van der Waals surface area contributed by atoms with Crippen molar-refractivity contribution in [2.75, 3.05) is 21.3 Å². The maximum atomic E-state index is 5.44. The fraction of sp³-hybridized carbons (Fsp3) is 0.278. The first-order valence-electron chi connectivity index (χ1n) is 7.37. The average molecular weight is 330 g/mol. The van der Waals surface area contributed by atoms with Crippen molar-refractivity contribution in [2.45, 2.75) is 13.1 Å². The number of ether oxygens (including phenoxy) is 2. The summed E-state index contributed by atoms with van der Waals surface area (Å²) in [4.78, 5) is 2.01. The Kier molecular flexibility index (Phi) is 6.23. The van der Waals surface area contributed by atoms with Crippen LogP contribution in [0.5, 0.6) is 11.5 Å². The third-order valence-electron chi connectivity index (χ3n) is 3.50. The van der Waals surface area contributed by atoms with Gasteiger partial charge in [-0.1, -0.05) is 24.3 Å². The van der Waals surface area contributed by atoms with Crippen LogP contribution in [0.4, 0.5) is 0 Å². The fourth-order valence-corrected chi connectivity index (χ4v) is 2.31. The lowest BCUT2D eigenvalue weighted by molar-refractivity contribution is 0.412. The molecule has 0 fully saturated rings. The number of thiocarbonyl (C=S) groups is 1. The van der Waals surface area contributed by atoms with E-state index < -0.39 is 0 Å². The summed E-state index contributed by atoms with van der Waals surface area (Å²) in [6, 6.07) is 15.9. The Balaban J connectivity index is 1.86. The molecule has 0 bridgehead atoms. The first-order valence-corrected chi connectivity index (χ1v) is 7.78. The second kappa shape index (κ2) is 8.39. The summed E-state index contributed by atoms with van der Waals surface area (Å²) in [6.07, 6.45) is 0. The summed E-state index contributed by atoms with van der Waals surface area (Å²) < 4.78 is 10.4. The average Bonchev–Trinajstić information content (AvgIpc) is 2.60. The van der Waals surface area contributed by atoms with E-state index in [4.69, 9.17) is 21.7 Å². The van der Waals surface area contributed by atoms with Gasteiger partial charge in [0.05, 0.1) is 14.2 Å². The van der Waals surface area contributed by atoms with Crippen LogP contribution in [0, 0.1) is 0 Å². The second-order valence-corrected chi connectivity index (χ2v) is 5.60. The number of nitrogens with one attached hydrogen (secondary N) is 1. The lowest BCUT2D eigenvalue weighted by Gasteiger charge is -2.21. The van der Waals surface area contributed by atoms with Crippen LogP contribution in [0.15, 0.2) is 48.5 Å². The van der Waals surface area contributed by atoms with Gasteiger partial charge in [-0.15, -0.1) is 0 Å². The number of rotatable bonds is 6. The minimum Gasteiger partial charge on any atom is -0.497 e. The molecule has 0 spiro atoms. The molecule has 0 aliphatic heterocycles. The van der Waals surface area contributed by atoms with Crippen LogP contribution in [0.25, 0.3) is 0 Å². The van der Waals surface area contributed by atoms with Crippen LogP contribution in [-0.2, 0) is 13.1 Å². The highest BCUT2D eigenvalue weighted by molar-refractivity contribution is 7.80. The number of hydrogen-bond acceptors (Lipinski definition) is 3. The van der Waals surface area contributed by atoms with E-state index >= 15 is 0 Å². The van der Waals surface area contributed by atoms with E-state index in [0.717, 1.165) is 29.2 Å². The van der Waals surface area contributed by atoms with Gasteiger partial charge in [0.25, 0.3) is 0 Å². The molecular weight excluding hydrogens is 308 g/mol. The van der Waals surface area contributed by atoms with E-state index in [2.05, 4.69) is 11.4 Å². The van der Waals surface area contributed by atoms with E-state index in [0.29, 0.717) is 11.7 Å². The zero-order chi connectivity index (χ0) is 16.7. The maximum Gasteiger partial charge on any atom is 0.169 e. The van der Waals surface area contributed by atoms with Gasteiger partial charge >= 0.3 is 0 Å². The zero-order valence-corrected chi connectivity index (χ0v) is 14.5. The second-order valence-electron chi connectivity index (χ2n) is 5.21. The molecule has 0 atom stereocenters. The molecule has 122 valence electrons. The van der Waals surface area contributed by atoms with Gasteiger partial charge in [0, 0.05) is 20.1 Å². The third-order valence-corrected chi connectivity index (χ3v) is 3.96. The molecule has 5 heteroatoms. The van der Waals surface area contributed by atoms with Crippen molar-refractivity contribution in [3.8, 4) is 11.5 Å². The van der Waals surface area contributed by atoms with Crippen molar-refractivity contribution in [3.63, 3.8) is 0 Å². The summed E-state index contributed by atoms with van der Waals surface area (Å²) in [5, 5.41) is 3.98. The predicted octanol–water partition coefficient (Wildman–Crippen LogP) is 3.21. The van der Waals surface area contributed by atoms with Crippen molar-refractivity contribution in [1.29, 1.82) is 0 Å². The third kappa shape index (κ3) is 5.14. The molecule has 0 saturated carbocycles. The van der Waals surface area contributed by atoms with E-state index in [1.165, 1.54) is 0 Å². The van der Waals surface area contributed by atoms with Gasteiger partial charge in [0.1, 0.15) is 11.5 Å². The standard InChI is InChI=1S/C18H22N2O2S/c1-20(13-15-5-4-6-17(11-15)22-3)18(23)19-12-14-7-9-16(21-2)10-8-14/h4-11H,12-13H2,1-3H3,(H,19,23). The van der Waals surface area contributed by atoms with Crippen LogP contribution in [-0.4, -0.2) is 31.3 Å². The maximum absolute atomic E-state index is 5.44. The van der Waals surface area contributed by atoms with Gasteiger partial charge < -0.3 is 19.7 Å². The molecule has 0 saturated heterocycles. The molecule has 1 N–H and O–H groups in total. The summed E-state index contributed by atoms with van der Waals surface area (Å²) in [5.41, 5.74) is 2.31. The Hall–Kier alpha value is -2.27. The monoisotopic (exact) mass is 330 g/mol. The number of methoxy groups -OCH3 is 2. The topological polar surface area (TPSA) is 33.7 Å². The highest BCUT2D eigenvalue weighted by Gasteiger charge is 2.06. The van der Waals surface area contributed by atoms with Crippen LogP contribution in [0.2, 0.25) is 0 Å². The molecule has 0 aliphatic rings. The fourth-order valence-electron chi connectivity index (χ4n) is 2.17. The number of hydrogen-bond donors (Lipinski definition) is 1. The van der Waals surface area contributed by atoms with Gasteiger partial charge in [-0.3, -0.25) is 0 Å². The smallest absolute Gasteiger partial charge is 0.169 e. The molecule has 0 aromatic heterocycles. The predicted molar refractivity (Wildman–Crippen MR) is 96.9 cm³/mol. The minimum absolute atomic E-state index is 0.686. The molecule has 0 amide bonds. The Labute approximate surface area is 143 Å². The Morgan fingerprint density at radius 3 is 2.35 bits per heavy atom. The lowest BCUT2D eigenvalue weighted by Crippen LogP contribution is -2.36. The number of benzene rings is 2. The minimum atomic E-state index is 0.686. The molecular formula is C18H22N2O2S. The molecule has 0 aliphatic carbocycles. The molecule has 4 nitrogen and oxygen atoms in total. The Morgan fingerprint density at radius 1 is 1.00 bits per heavy atom. The van der Waals surface area contributed by atoms with Gasteiger partial charge in [-0.2, -0.15) is 0 Å². The first kappa shape index (κ1) is 17.1. The first-order chi connectivity index (χ1) is 11.1. The van der Waals surface area contributed by atoms with Crippen LogP contribution >= 0.6 is 12.2 Å². The molecule has 2 aromatic rings. The van der Waals surface area contributed by atoms with Crippen molar-refractivity contribution < 1.29 is 9.47 Å². The summed E-state index contributed by atoms with van der Waals surface area (Å²) in [7, 11) is 5.31. The summed E-state index contributed by atoms with van der Waals surface area (Å²) >= 11 is 5.44. The van der Waals surface area contributed by atoms with E-state index in [-0.39, 0.29) is 0 Å². The highest BCUT2D eigenvalue weighted by Crippen LogP contribution is 2.14. The van der Waals surface area contributed by atoms with Crippen molar-refractivity contribution in [3.05, 3.63) is 59.7 Å². The van der Waals surface area contributed by atoms with Crippen molar-refractivity contribution in [2.24, 2.45) is 0 Å². The van der Waals surface area contributed by atoms with Crippen molar-refractivity contribution >= 4 is 17.3 Å². The van der Waals surface area contributed by atoms with E-state index in [1.54, 1.807) is 14.2 Å². The van der Waals surface area contributed by atoms with Gasteiger partial charge in [-0.25, -0.2) is 0 Å².